The van der Waals surface area contributed by atoms with Gasteiger partial charge in [-0.3, -0.25) is 0 Å². The normalized spacial score (nSPS) is 24.6. The van der Waals surface area contributed by atoms with Gasteiger partial charge in [-0.2, -0.15) is 13.2 Å². The van der Waals surface area contributed by atoms with Crippen LogP contribution in [0.4, 0.5) is 13.2 Å². The average Bonchev–Trinajstić information content (AvgIpc) is 2.30. The second-order valence-corrected chi connectivity index (χ2v) is 3.70. The van der Waals surface area contributed by atoms with Crippen LogP contribution < -0.4 is 5.32 Å². The van der Waals surface area contributed by atoms with Gasteiger partial charge in [-0.1, -0.05) is 6.42 Å². The zero-order valence-electron chi connectivity index (χ0n) is 8.07. The molecule has 1 atom stereocenters. The summed E-state index contributed by atoms with van der Waals surface area (Å²) in [6.45, 7) is 0.837. The smallest absolute Gasteiger partial charge is 0.372 e. The Morgan fingerprint density at radius 1 is 1.29 bits per heavy atom. The minimum absolute atomic E-state index is 0.215. The van der Waals surface area contributed by atoms with Crippen molar-refractivity contribution in [1.82, 2.24) is 5.32 Å². The highest BCUT2D eigenvalue weighted by molar-refractivity contribution is 4.67. The standard InChI is InChI=1S/C9H16F3NO/c10-9(11,12)7-14-6-8-3-1-2-4-13-5-8/h8,13H,1-7H2. The molecule has 0 saturated carbocycles. The lowest BCUT2D eigenvalue weighted by Crippen LogP contribution is -2.26. The molecule has 0 bridgehead atoms. The number of nitrogens with one attached hydrogen (secondary N) is 1. The molecule has 1 fully saturated rings. The van der Waals surface area contributed by atoms with Crippen molar-refractivity contribution in [2.45, 2.75) is 25.4 Å². The van der Waals surface area contributed by atoms with Crippen molar-refractivity contribution in [2.75, 3.05) is 26.3 Å². The van der Waals surface area contributed by atoms with E-state index in [1.54, 1.807) is 0 Å². The molecule has 14 heavy (non-hydrogen) atoms. The van der Waals surface area contributed by atoms with Crippen molar-refractivity contribution in [3.63, 3.8) is 0 Å². The molecule has 0 spiro atoms. The molecule has 1 aliphatic heterocycles. The zero-order valence-corrected chi connectivity index (χ0v) is 8.07. The van der Waals surface area contributed by atoms with Gasteiger partial charge in [0.25, 0.3) is 0 Å². The molecule has 1 heterocycles. The van der Waals surface area contributed by atoms with Crippen molar-refractivity contribution < 1.29 is 17.9 Å². The van der Waals surface area contributed by atoms with E-state index in [-0.39, 0.29) is 12.5 Å². The maximum Gasteiger partial charge on any atom is 0.411 e. The third kappa shape index (κ3) is 5.44. The van der Waals surface area contributed by atoms with E-state index < -0.39 is 12.8 Å². The van der Waals surface area contributed by atoms with Crippen molar-refractivity contribution in [3.8, 4) is 0 Å². The maximum atomic E-state index is 11.7. The van der Waals surface area contributed by atoms with E-state index in [4.69, 9.17) is 0 Å². The Morgan fingerprint density at radius 2 is 2.07 bits per heavy atom. The van der Waals surface area contributed by atoms with Gasteiger partial charge in [-0.25, -0.2) is 0 Å². The first-order chi connectivity index (χ1) is 6.58. The summed E-state index contributed by atoms with van der Waals surface area (Å²) < 4.78 is 39.9. The molecule has 1 saturated heterocycles. The number of rotatable bonds is 3. The fraction of sp³-hybridized carbons (Fsp3) is 1.00. The molecule has 1 unspecified atom stereocenters. The van der Waals surface area contributed by atoms with Gasteiger partial charge in [0.1, 0.15) is 6.61 Å². The van der Waals surface area contributed by atoms with Crippen molar-refractivity contribution >= 4 is 0 Å². The molecule has 5 heteroatoms. The van der Waals surface area contributed by atoms with Gasteiger partial charge >= 0.3 is 6.18 Å². The van der Waals surface area contributed by atoms with E-state index in [1.165, 1.54) is 0 Å². The molecule has 0 radical (unpaired) electrons. The highest BCUT2D eigenvalue weighted by atomic mass is 19.4. The lowest BCUT2D eigenvalue weighted by molar-refractivity contribution is -0.176. The van der Waals surface area contributed by atoms with Gasteiger partial charge < -0.3 is 10.1 Å². The molecule has 0 amide bonds. The summed E-state index contributed by atoms with van der Waals surface area (Å²) in [5, 5.41) is 3.18. The fourth-order valence-electron chi connectivity index (χ4n) is 1.57. The molecule has 1 N–H and O–H groups in total. The predicted octanol–water partition coefficient (Wildman–Crippen LogP) is 1.95. The van der Waals surface area contributed by atoms with Crippen molar-refractivity contribution in [2.24, 2.45) is 5.92 Å². The highest BCUT2D eigenvalue weighted by Crippen LogP contribution is 2.16. The third-order valence-electron chi connectivity index (χ3n) is 2.27. The lowest BCUT2D eigenvalue weighted by Gasteiger charge is -2.15. The maximum absolute atomic E-state index is 11.7. The molecule has 1 aliphatic rings. The lowest BCUT2D eigenvalue weighted by atomic mass is 10.1. The van der Waals surface area contributed by atoms with E-state index in [9.17, 15) is 13.2 Å². The summed E-state index contributed by atoms with van der Waals surface area (Å²) in [6, 6.07) is 0. The summed E-state index contributed by atoms with van der Waals surface area (Å²) in [6.07, 6.45) is -1.05. The van der Waals surface area contributed by atoms with Crippen LogP contribution in [-0.2, 0) is 4.74 Å². The Kier molecular flexibility index (Phi) is 4.68. The van der Waals surface area contributed by atoms with Gasteiger partial charge in [-0.05, 0) is 25.3 Å². The van der Waals surface area contributed by atoms with E-state index in [1.807, 2.05) is 0 Å². The van der Waals surface area contributed by atoms with Crippen LogP contribution in [0, 0.1) is 5.92 Å². The number of hydrogen-bond acceptors (Lipinski definition) is 2. The Labute approximate surface area is 81.8 Å². The molecule has 2 nitrogen and oxygen atoms in total. The summed E-state index contributed by atoms with van der Waals surface area (Å²) in [5.41, 5.74) is 0. The average molecular weight is 211 g/mol. The van der Waals surface area contributed by atoms with Crippen LogP contribution in [0.2, 0.25) is 0 Å². The summed E-state index contributed by atoms with van der Waals surface area (Å²) in [4.78, 5) is 0. The molecular weight excluding hydrogens is 195 g/mol. The topological polar surface area (TPSA) is 21.3 Å². The van der Waals surface area contributed by atoms with Crippen LogP contribution in [0.1, 0.15) is 19.3 Å². The Morgan fingerprint density at radius 3 is 2.79 bits per heavy atom. The van der Waals surface area contributed by atoms with E-state index in [0.29, 0.717) is 0 Å². The third-order valence-corrected chi connectivity index (χ3v) is 2.27. The predicted molar refractivity (Wildman–Crippen MR) is 47.1 cm³/mol. The van der Waals surface area contributed by atoms with Gasteiger partial charge in [-0.15, -0.1) is 0 Å². The Hall–Kier alpha value is -0.290. The van der Waals surface area contributed by atoms with Crippen LogP contribution in [0.3, 0.4) is 0 Å². The second-order valence-electron chi connectivity index (χ2n) is 3.70. The second kappa shape index (κ2) is 5.56. The van der Waals surface area contributed by atoms with Crippen LogP contribution in [-0.4, -0.2) is 32.5 Å². The quantitative estimate of drug-likeness (QED) is 0.770. The molecular formula is C9H16F3NO. The van der Waals surface area contributed by atoms with Crippen molar-refractivity contribution in [3.05, 3.63) is 0 Å². The van der Waals surface area contributed by atoms with Crippen LogP contribution >= 0.6 is 0 Å². The van der Waals surface area contributed by atoms with E-state index >= 15 is 0 Å². The zero-order chi connectivity index (χ0) is 10.4. The number of alkyl halides is 3. The monoisotopic (exact) mass is 211 g/mol. The van der Waals surface area contributed by atoms with Gasteiger partial charge in [0.15, 0.2) is 0 Å². The summed E-state index contributed by atoms with van der Waals surface area (Å²) in [7, 11) is 0. The fourth-order valence-corrected chi connectivity index (χ4v) is 1.57. The number of ether oxygens (including phenoxy) is 1. The molecule has 84 valence electrons. The first-order valence-electron chi connectivity index (χ1n) is 4.93. The Balaban J connectivity index is 2.10. The highest BCUT2D eigenvalue weighted by Gasteiger charge is 2.27. The first-order valence-corrected chi connectivity index (χ1v) is 4.93. The van der Waals surface area contributed by atoms with Gasteiger partial charge in [0.2, 0.25) is 0 Å². The molecule has 0 aromatic carbocycles. The summed E-state index contributed by atoms with van der Waals surface area (Å²) in [5.74, 6) is 0.236. The molecule has 0 aromatic heterocycles. The number of halogens is 3. The van der Waals surface area contributed by atoms with Gasteiger partial charge in [0, 0.05) is 6.54 Å². The van der Waals surface area contributed by atoms with E-state index in [2.05, 4.69) is 10.1 Å². The molecule has 0 aromatic rings. The minimum atomic E-state index is -4.20. The van der Waals surface area contributed by atoms with Crippen LogP contribution in [0.25, 0.3) is 0 Å². The van der Waals surface area contributed by atoms with Gasteiger partial charge in [0.05, 0.1) is 6.61 Å². The number of hydrogen-bond donors (Lipinski definition) is 1. The van der Waals surface area contributed by atoms with E-state index in [0.717, 1.165) is 32.4 Å². The largest absolute Gasteiger partial charge is 0.411 e. The van der Waals surface area contributed by atoms with Crippen LogP contribution in [0.5, 0.6) is 0 Å². The summed E-state index contributed by atoms with van der Waals surface area (Å²) >= 11 is 0. The minimum Gasteiger partial charge on any atom is -0.372 e. The van der Waals surface area contributed by atoms with Crippen LogP contribution in [0.15, 0.2) is 0 Å². The molecule has 0 aliphatic carbocycles. The Bertz CT molecular complexity index is 153. The van der Waals surface area contributed by atoms with Crippen molar-refractivity contribution in [1.29, 1.82) is 0 Å². The molecule has 1 rings (SSSR count). The first kappa shape index (κ1) is 11.8. The SMILES string of the molecule is FC(F)(F)COCC1CCCCNC1.